The summed E-state index contributed by atoms with van der Waals surface area (Å²) >= 11 is 0. The fourth-order valence-electron chi connectivity index (χ4n) is 2.48. The van der Waals surface area contributed by atoms with Crippen LogP contribution in [0.3, 0.4) is 0 Å². The summed E-state index contributed by atoms with van der Waals surface area (Å²) < 4.78 is 26.2. The minimum absolute atomic E-state index is 0.0128. The summed E-state index contributed by atoms with van der Waals surface area (Å²) in [7, 11) is -3.75. The van der Waals surface area contributed by atoms with Crippen LogP contribution < -0.4 is 14.9 Å². The highest BCUT2D eigenvalue weighted by atomic mass is 32.2. The van der Waals surface area contributed by atoms with E-state index < -0.39 is 21.7 Å². The summed E-state index contributed by atoms with van der Waals surface area (Å²) in [6.45, 7) is 2.07. The summed E-state index contributed by atoms with van der Waals surface area (Å²) in [5, 5.41) is 2.33. The van der Waals surface area contributed by atoms with Crippen molar-refractivity contribution in [3.05, 3.63) is 24.3 Å². The van der Waals surface area contributed by atoms with Crippen LogP contribution in [0.4, 0.5) is 11.4 Å². The molecule has 0 aliphatic carbocycles. The standard InChI is InChI=1S/C16H21N3O3S/c1-2-10-17-16(20)13-23(21,22)18-14-6-8-15(9-7-14)19-11-4-3-5-12-19/h1,6-9,18H,3-5,10-13H2,(H,17,20). The fourth-order valence-corrected chi connectivity index (χ4v) is 3.50. The largest absolute Gasteiger partial charge is 0.372 e. The first-order valence-electron chi connectivity index (χ1n) is 7.56. The van der Waals surface area contributed by atoms with Gasteiger partial charge in [-0.05, 0) is 43.5 Å². The molecule has 0 bridgehead atoms. The van der Waals surface area contributed by atoms with Crippen molar-refractivity contribution in [2.24, 2.45) is 0 Å². The lowest BCUT2D eigenvalue weighted by molar-refractivity contribution is -0.118. The van der Waals surface area contributed by atoms with Crippen molar-refractivity contribution in [2.75, 3.05) is 35.0 Å². The fraction of sp³-hybridized carbons (Fsp3) is 0.438. The topological polar surface area (TPSA) is 78.5 Å². The van der Waals surface area contributed by atoms with Crippen LogP contribution >= 0.6 is 0 Å². The molecule has 1 aromatic rings. The monoisotopic (exact) mass is 335 g/mol. The van der Waals surface area contributed by atoms with E-state index in [0.29, 0.717) is 5.69 Å². The zero-order chi connectivity index (χ0) is 16.7. The van der Waals surface area contributed by atoms with Crippen molar-refractivity contribution in [1.29, 1.82) is 0 Å². The molecule has 0 radical (unpaired) electrons. The first-order valence-corrected chi connectivity index (χ1v) is 9.21. The number of benzene rings is 1. The molecule has 1 aliphatic heterocycles. The quantitative estimate of drug-likeness (QED) is 0.765. The van der Waals surface area contributed by atoms with Crippen LogP contribution in [0, 0.1) is 12.3 Å². The summed E-state index contributed by atoms with van der Waals surface area (Å²) in [4.78, 5) is 13.7. The summed E-state index contributed by atoms with van der Waals surface area (Å²) in [5.41, 5.74) is 1.52. The molecular weight excluding hydrogens is 314 g/mol. The molecule has 1 aromatic carbocycles. The van der Waals surface area contributed by atoms with Gasteiger partial charge in [-0.15, -0.1) is 6.42 Å². The van der Waals surface area contributed by atoms with Crippen molar-refractivity contribution in [2.45, 2.75) is 19.3 Å². The smallest absolute Gasteiger partial charge is 0.241 e. The zero-order valence-corrected chi connectivity index (χ0v) is 13.7. The maximum atomic E-state index is 11.9. The van der Waals surface area contributed by atoms with E-state index in [1.807, 2.05) is 12.1 Å². The molecular formula is C16H21N3O3S. The third-order valence-electron chi connectivity index (χ3n) is 3.57. The molecule has 1 fully saturated rings. The van der Waals surface area contributed by atoms with Crippen molar-refractivity contribution in [3.63, 3.8) is 0 Å². The molecule has 1 heterocycles. The van der Waals surface area contributed by atoms with Gasteiger partial charge in [0.1, 0.15) is 5.75 Å². The Hall–Kier alpha value is -2.20. The number of hydrogen-bond donors (Lipinski definition) is 2. The Kier molecular flexibility index (Phi) is 5.88. The summed E-state index contributed by atoms with van der Waals surface area (Å²) in [5.74, 6) is 0.945. The Morgan fingerprint density at radius 1 is 1.17 bits per heavy atom. The molecule has 0 spiro atoms. The maximum absolute atomic E-state index is 11.9. The highest BCUT2D eigenvalue weighted by molar-refractivity contribution is 7.93. The predicted molar refractivity (Wildman–Crippen MR) is 91.8 cm³/mol. The molecule has 6 nitrogen and oxygen atoms in total. The van der Waals surface area contributed by atoms with Crippen LogP contribution in [0.15, 0.2) is 24.3 Å². The molecule has 23 heavy (non-hydrogen) atoms. The minimum atomic E-state index is -3.75. The molecule has 0 unspecified atom stereocenters. The van der Waals surface area contributed by atoms with Gasteiger partial charge in [-0.3, -0.25) is 9.52 Å². The van der Waals surface area contributed by atoms with Crippen LogP contribution in [0.1, 0.15) is 19.3 Å². The number of anilines is 2. The Morgan fingerprint density at radius 3 is 2.43 bits per heavy atom. The molecule has 1 saturated heterocycles. The zero-order valence-electron chi connectivity index (χ0n) is 12.9. The van der Waals surface area contributed by atoms with Crippen LogP contribution in [-0.2, 0) is 14.8 Å². The molecule has 0 saturated carbocycles. The van der Waals surface area contributed by atoms with Crippen molar-refractivity contribution < 1.29 is 13.2 Å². The van der Waals surface area contributed by atoms with Gasteiger partial charge in [0.25, 0.3) is 0 Å². The second-order valence-corrected chi connectivity index (χ2v) is 7.16. The first-order chi connectivity index (χ1) is 11.0. The molecule has 0 atom stereocenters. The van der Waals surface area contributed by atoms with Crippen molar-refractivity contribution >= 4 is 27.3 Å². The van der Waals surface area contributed by atoms with Gasteiger partial charge in [0, 0.05) is 24.5 Å². The normalized spacial score (nSPS) is 14.8. The maximum Gasteiger partial charge on any atom is 0.241 e. The van der Waals surface area contributed by atoms with E-state index in [1.54, 1.807) is 12.1 Å². The molecule has 124 valence electrons. The molecule has 0 aromatic heterocycles. The van der Waals surface area contributed by atoms with Crippen molar-refractivity contribution in [3.8, 4) is 12.3 Å². The van der Waals surface area contributed by atoms with Gasteiger partial charge in [-0.2, -0.15) is 0 Å². The highest BCUT2D eigenvalue weighted by Gasteiger charge is 2.16. The van der Waals surface area contributed by atoms with Gasteiger partial charge in [0.05, 0.1) is 6.54 Å². The molecule has 2 N–H and O–H groups in total. The Balaban J connectivity index is 1.94. The number of nitrogens with one attached hydrogen (secondary N) is 2. The van der Waals surface area contributed by atoms with Gasteiger partial charge in [0.2, 0.25) is 15.9 Å². The third-order valence-corrected chi connectivity index (χ3v) is 4.76. The van der Waals surface area contributed by atoms with Crippen LogP contribution in [0.2, 0.25) is 0 Å². The number of rotatable bonds is 6. The van der Waals surface area contributed by atoms with E-state index >= 15 is 0 Å². The summed E-state index contributed by atoms with van der Waals surface area (Å²) in [6.07, 6.45) is 8.63. The van der Waals surface area contributed by atoms with Gasteiger partial charge in [-0.25, -0.2) is 8.42 Å². The number of carbonyl (C=O) groups excluding carboxylic acids is 1. The lowest BCUT2D eigenvalue weighted by atomic mass is 10.1. The van der Waals surface area contributed by atoms with Crippen molar-refractivity contribution in [1.82, 2.24) is 5.32 Å². The Morgan fingerprint density at radius 2 is 1.83 bits per heavy atom. The van der Waals surface area contributed by atoms with Gasteiger partial charge in [0.15, 0.2) is 0 Å². The van der Waals surface area contributed by atoms with E-state index in [4.69, 9.17) is 6.42 Å². The first kappa shape index (κ1) is 17.2. The molecule has 7 heteroatoms. The van der Waals surface area contributed by atoms with Gasteiger partial charge < -0.3 is 10.2 Å². The lowest BCUT2D eigenvalue weighted by Crippen LogP contribution is -2.33. The second kappa shape index (κ2) is 7.88. The molecule has 1 amide bonds. The number of piperidine rings is 1. The number of carbonyl (C=O) groups is 1. The number of sulfonamides is 1. The van der Waals surface area contributed by atoms with Crippen LogP contribution in [-0.4, -0.2) is 39.7 Å². The Bertz CT molecular complexity index is 672. The predicted octanol–water partition coefficient (Wildman–Crippen LogP) is 1.17. The SMILES string of the molecule is C#CCNC(=O)CS(=O)(=O)Nc1ccc(N2CCCCC2)cc1. The number of terminal acetylenes is 1. The number of amides is 1. The lowest BCUT2D eigenvalue weighted by Gasteiger charge is -2.28. The van der Waals surface area contributed by atoms with Crippen LogP contribution in [0.5, 0.6) is 0 Å². The number of nitrogens with zero attached hydrogens (tertiary/aromatic N) is 1. The van der Waals surface area contributed by atoms with Gasteiger partial charge >= 0.3 is 0 Å². The van der Waals surface area contributed by atoms with E-state index in [2.05, 4.69) is 20.9 Å². The van der Waals surface area contributed by atoms with E-state index in [9.17, 15) is 13.2 Å². The Labute approximate surface area is 137 Å². The van der Waals surface area contributed by atoms with E-state index in [-0.39, 0.29) is 6.54 Å². The van der Waals surface area contributed by atoms with Crippen LogP contribution in [0.25, 0.3) is 0 Å². The molecule has 2 rings (SSSR count). The summed E-state index contributed by atoms with van der Waals surface area (Å²) in [6, 6.07) is 7.20. The molecule has 1 aliphatic rings. The highest BCUT2D eigenvalue weighted by Crippen LogP contribution is 2.22. The van der Waals surface area contributed by atoms with E-state index in [0.717, 1.165) is 18.8 Å². The van der Waals surface area contributed by atoms with E-state index in [1.165, 1.54) is 19.3 Å². The number of hydrogen-bond acceptors (Lipinski definition) is 4. The average Bonchev–Trinajstić information content (AvgIpc) is 2.53. The third kappa shape index (κ3) is 5.49. The second-order valence-electron chi connectivity index (χ2n) is 5.44. The van der Waals surface area contributed by atoms with Gasteiger partial charge in [-0.1, -0.05) is 5.92 Å². The minimum Gasteiger partial charge on any atom is -0.372 e. The average molecular weight is 335 g/mol.